The molecule has 0 atom stereocenters. The lowest BCUT2D eigenvalue weighted by Crippen LogP contribution is -2.30. The highest BCUT2D eigenvalue weighted by molar-refractivity contribution is 6.09. The number of hydrogen-bond acceptors (Lipinski definition) is 2. The average Bonchev–Trinajstić information content (AvgIpc) is 2.89. The summed E-state index contributed by atoms with van der Waals surface area (Å²) >= 11 is 0. The SMILES string of the molecule is O=C(NCCCN1CCCCCC1)c1ccc2c3c(cccc13)CC2. The Balaban J connectivity index is 1.36. The fraction of sp³-hybridized carbons (Fsp3) is 0.500. The van der Waals surface area contributed by atoms with Crippen LogP contribution in [0, 0.1) is 0 Å². The van der Waals surface area contributed by atoms with E-state index in [0.717, 1.165) is 43.3 Å². The number of likely N-dealkylation sites (tertiary alicyclic amines) is 1. The third-order valence-electron chi connectivity index (χ3n) is 5.76. The monoisotopic (exact) mass is 336 g/mol. The summed E-state index contributed by atoms with van der Waals surface area (Å²) < 4.78 is 0. The molecule has 1 heterocycles. The van der Waals surface area contributed by atoms with Crippen molar-refractivity contribution >= 4 is 16.7 Å². The molecular weight excluding hydrogens is 308 g/mol. The van der Waals surface area contributed by atoms with Crippen LogP contribution < -0.4 is 5.32 Å². The third kappa shape index (κ3) is 3.57. The number of carbonyl (C=O) groups is 1. The Kier molecular flexibility index (Phi) is 5.02. The summed E-state index contributed by atoms with van der Waals surface area (Å²) in [5.41, 5.74) is 3.61. The highest BCUT2D eigenvalue weighted by atomic mass is 16.1. The zero-order valence-corrected chi connectivity index (χ0v) is 15.0. The van der Waals surface area contributed by atoms with Crippen LogP contribution in [0.25, 0.3) is 10.8 Å². The van der Waals surface area contributed by atoms with Crippen LogP contribution in [0.5, 0.6) is 0 Å². The standard InChI is InChI=1S/C22H28N2O/c25-22(23-13-6-16-24-14-3-1-2-4-15-24)20-12-11-18-10-9-17-7-5-8-19(20)21(17)18/h5,7-8,11-12H,1-4,6,9-10,13-16H2,(H,23,25). The van der Waals surface area contributed by atoms with Crippen LogP contribution in [0.3, 0.4) is 0 Å². The van der Waals surface area contributed by atoms with Crippen LogP contribution in [0.2, 0.25) is 0 Å². The molecular formula is C22H28N2O. The smallest absolute Gasteiger partial charge is 0.251 e. The molecule has 1 aliphatic carbocycles. The van der Waals surface area contributed by atoms with Crippen molar-refractivity contribution in [3.8, 4) is 0 Å². The lowest BCUT2D eigenvalue weighted by Gasteiger charge is -2.19. The molecule has 4 rings (SSSR count). The fourth-order valence-electron chi connectivity index (χ4n) is 4.40. The van der Waals surface area contributed by atoms with E-state index < -0.39 is 0 Å². The Morgan fingerprint density at radius 1 is 0.960 bits per heavy atom. The lowest BCUT2D eigenvalue weighted by molar-refractivity contribution is 0.0953. The van der Waals surface area contributed by atoms with E-state index in [9.17, 15) is 4.79 Å². The van der Waals surface area contributed by atoms with E-state index in [0.29, 0.717) is 0 Å². The van der Waals surface area contributed by atoms with Crippen LogP contribution >= 0.6 is 0 Å². The molecule has 0 aromatic heterocycles. The second-order valence-electron chi connectivity index (χ2n) is 7.48. The first-order valence-electron chi connectivity index (χ1n) is 9.87. The molecule has 1 saturated heterocycles. The van der Waals surface area contributed by atoms with Crippen LogP contribution in [0.4, 0.5) is 0 Å². The van der Waals surface area contributed by atoms with Gasteiger partial charge in [-0.05, 0) is 79.7 Å². The van der Waals surface area contributed by atoms with Gasteiger partial charge in [0.05, 0.1) is 0 Å². The van der Waals surface area contributed by atoms with Crippen molar-refractivity contribution < 1.29 is 4.79 Å². The van der Waals surface area contributed by atoms with Gasteiger partial charge in [0.1, 0.15) is 0 Å². The number of nitrogens with one attached hydrogen (secondary N) is 1. The molecule has 2 aliphatic rings. The zero-order valence-electron chi connectivity index (χ0n) is 15.0. The summed E-state index contributed by atoms with van der Waals surface area (Å²) in [7, 11) is 0. The van der Waals surface area contributed by atoms with Crippen LogP contribution in [0.1, 0.15) is 53.6 Å². The van der Waals surface area contributed by atoms with E-state index in [1.165, 1.54) is 55.3 Å². The molecule has 0 radical (unpaired) electrons. The number of hydrogen-bond donors (Lipinski definition) is 1. The highest BCUT2D eigenvalue weighted by Crippen LogP contribution is 2.32. The van der Waals surface area contributed by atoms with E-state index in [1.54, 1.807) is 0 Å². The molecule has 0 spiro atoms. The predicted octanol–water partition coefficient (Wildman–Crippen LogP) is 3.93. The van der Waals surface area contributed by atoms with Gasteiger partial charge in [-0.3, -0.25) is 4.79 Å². The quantitative estimate of drug-likeness (QED) is 0.839. The molecule has 132 valence electrons. The minimum Gasteiger partial charge on any atom is -0.352 e. The van der Waals surface area contributed by atoms with Crippen molar-refractivity contribution in [3.05, 3.63) is 47.0 Å². The van der Waals surface area contributed by atoms with Gasteiger partial charge in [0, 0.05) is 12.1 Å². The summed E-state index contributed by atoms with van der Waals surface area (Å²) in [5, 5.41) is 5.58. The molecule has 1 aliphatic heterocycles. The molecule has 1 amide bonds. The van der Waals surface area contributed by atoms with Gasteiger partial charge in [-0.2, -0.15) is 0 Å². The van der Waals surface area contributed by atoms with Crippen molar-refractivity contribution in [2.24, 2.45) is 0 Å². The molecule has 2 aromatic carbocycles. The van der Waals surface area contributed by atoms with Gasteiger partial charge in [0.25, 0.3) is 5.91 Å². The summed E-state index contributed by atoms with van der Waals surface area (Å²) in [6.45, 7) is 4.31. The summed E-state index contributed by atoms with van der Waals surface area (Å²) in [5.74, 6) is 0.0754. The van der Waals surface area contributed by atoms with Crippen LogP contribution in [-0.4, -0.2) is 37.0 Å². The normalized spacial score (nSPS) is 17.6. The molecule has 0 unspecified atom stereocenters. The summed E-state index contributed by atoms with van der Waals surface area (Å²) in [4.78, 5) is 15.2. The minimum atomic E-state index is 0.0754. The average molecular weight is 336 g/mol. The summed E-state index contributed by atoms with van der Waals surface area (Å²) in [6, 6.07) is 10.5. The highest BCUT2D eigenvalue weighted by Gasteiger charge is 2.18. The maximum absolute atomic E-state index is 12.7. The first kappa shape index (κ1) is 16.6. The molecule has 25 heavy (non-hydrogen) atoms. The van der Waals surface area contributed by atoms with Gasteiger partial charge < -0.3 is 10.2 Å². The number of carbonyl (C=O) groups excluding carboxylic acids is 1. The largest absolute Gasteiger partial charge is 0.352 e. The maximum Gasteiger partial charge on any atom is 0.251 e. The van der Waals surface area contributed by atoms with E-state index in [2.05, 4.69) is 34.5 Å². The Labute approximate surface area is 150 Å². The molecule has 3 heteroatoms. The van der Waals surface area contributed by atoms with E-state index >= 15 is 0 Å². The molecule has 1 N–H and O–H groups in total. The molecule has 1 fully saturated rings. The van der Waals surface area contributed by atoms with E-state index in [-0.39, 0.29) is 5.91 Å². The predicted molar refractivity (Wildman–Crippen MR) is 103 cm³/mol. The van der Waals surface area contributed by atoms with Gasteiger partial charge in [-0.1, -0.05) is 37.1 Å². The third-order valence-corrected chi connectivity index (χ3v) is 5.76. The van der Waals surface area contributed by atoms with Gasteiger partial charge in [0.2, 0.25) is 0 Å². The van der Waals surface area contributed by atoms with Gasteiger partial charge in [-0.25, -0.2) is 0 Å². The van der Waals surface area contributed by atoms with Crippen LogP contribution in [0.15, 0.2) is 30.3 Å². The zero-order chi connectivity index (χ0) is 17.1. The fourth-order valence-corrected chi connectivity index (χ4v) is 4.40. The number of aryl methyl sites for hydroxylation is 2. The molecule has 3 nitrogen and oxygen atoms in total. The minimum absolute atomic E-state index is 0.0754. The number of benzene rings is 2. The van der Waals surface area contributed by atoms with Crippen molar-refractivity contribution in [1.82, 2.24) is 10.2 Å². The van der Waals surface area contributed by atoms with E-state index in [4.69, 9.17) is 0 Å². The van der Waals surface area contributed by atoms with Crippen molar-refractivity contribution in [2.45, 2.75) is 44.9 Å². The second kappa shape index (κ2) is 7.57. The van der Waals surface area contributed by atoms with Gasteiger partial charge in [-0.15, -0.1) is 0 Å². The Morgan fingerprint density at radius 3 is 2.52 bits per heavy atom. The Morgan fingerprint density at radius 2 is 1.72 bits per heavy atom. The summed E-state index contributed by atoms with van der Waals surface area (Å²) in [6.07, 6.45) is 8.64. The Hall–Kier alpha value is -1.87. The topological polar surface area (TPSA) is 32.3 Å². The first-order valence-corrected chi connectivity index (χ1v) is 9.87. The van der Waals surface area contributed by atoms with Gasteiger partial charge >= 0.3 is 0 Å². The molecule has 0 saturated carbocycles. The van der Waals surface area contributed by atoms with Crippen LogP contribution in [-0.2, 0) is 12.8 Å². The van der Waals surface area contributed by atoms with Crippen molar-refractivity contribution in [3.63, 3.8) is 0 Å². The number of nitrogens with zero attached hydrogens (tertiary/aromatic N) is 1. The van der Waals surface area contributed by atoms with Gasteiger partial charge in [0.15, 0.2) is 0 Å². The first-order chi connectivity index (χ1) is 12.3. The molecule has 0 bridgehead atoms. The lowest BCUT2D eigenvalue weighted by atomic mass is 9.99. The molecule has 2 aromatic rings. The van der Waals surface area contributed by atoms with E-state index in [1.807, 2.05) is 6.07 Å². The maximum atomic E-state index is 12.7. The van der Waals surface area contributed by atoms with Crippen molar-refractivity contribution in [1.29, 1.82) is 0 Å². The Bertz CT molecular complexity index is 750. The number of rotatable bonds is 5. The number of amides is 1. The second-order valence-corrected chi connectivity index (χ2v) is 7.48. The van der Waals surface area contributed by atoms with Crippen molar-refractivity contribution in [2.75, 3.05) is 26.2 Å².